The molecular formula is C24H22N4OS. The summed E-state index contributed by atoms with van der Waals surface area (Å²) in [5.41, 5.74) is 3.12. The molecule has 0 spiro atoms. The lowest BCUT2D eigenvalue weighted by Crippen LogP contribution is -2.27. The van der Waals surface area contributed by atoms with Crippen LogP contribution >= 0.6 is 12.2 Å². The predicted molar refractivity (Wildman–Crippen MR) is 120 cm³/mol. The lowest BCUT2D eigenvalue weighted by molar-refractivity contribution is -0.122. The van der Waals surface area contributed by atoms with Crippen LogP contribution in [0.25, 0.3) is 5.69 Å². The lowest BCUT2D eigenvalue weighted by Gasteiger charge is -2.06. The van der Waals surface area contributed by atoms with Gasteiger partial charge in [0, 0.05) is 18.7 Å². The maximum atomic E-state index is 12.5. The second kappa shape index (κ2) is 9.33. The fraction of sp³-hybridized carbons (Fsp3) is 0.125. The predicted octanol–water partition coefficient (Wildman–Crippen LogP) is 4.31. The van der Waals surface area contributed by atoms with Gasteiger partial charge in [0.2, 0.25) is 10.7 Å². The zero-order chi connectivity index (χ0) is 20.8. The quantitative estimate of drug-likeness (QED) is 0.459. The number of amides is 1. The van der Waals surface area contributed by atoms with Crippen molar-refractivity contribution in [2.75, 3.05) is 0 Å². The average molecular weight is 415 g/mol. The van der Waals surface area contributed by atoms with Gasteiger partial charge in [-0.05, 0) is 35.5 Å². The first kappa shape index (κ1) is 19.8. The van der Waals surface area contributed by atoms with Gasteiger partial charge in [-0.1, -0.05) is 78.9 Å². The van der Waals surface area contributed by atoms with Crippen molar-refractivity contribution in [3.63, 3.8) is 0 Å². The normalized spacial score (nSPS) is 10.7. The summed E-state index contributed by atoms with van der Waals surface area (Å²) >= 11 is 5.69. The van der Waals surface area contributed by atoms with E-state index in [2.05, 4.69) is 17.4 Å². The van der Waals surface area contributed by atoms with E-state index in [-0.39, 0.29) is 12.5 Å². The number of aromatic nitrogens is 3. The molecule has 30 heavy (non-hydrogen) atoms. The SMILES string of the molecule is O=C(Cn1nc(Cc2ccccc2)n(-c2ccccc2)c1=S)NCc1ccccc1. The van der Waals surface area contributed by atoms with E-state index in [4.69, 9.17) is 17.3 Å². The molecule has 5 nitrogen and oxygen atoms in total. The molecule has 1 N–H and O–H groups in total. The fourth-order valence-electron chi connectivity index (χ4n) is 3.27. The van der Waals surface area contributed by atoms with Crippen molar-refractivity contribution in [1.29, 1.82) is 0 Å². The maximum absolute atomic E-state index is 12.5. The molecule has 1 aromatic heterocycles. The van der Waals surface area contributed by atoms with E-state index in [9.17, 15) is 4.79 Å². The van der Waals surface area contributed by atoms with Crippen LogP contribution in [0.1, 0.15) is 17.0 Å². The van der Waals surface area contributed by atoms with E-state index in [1.165, 1.54) is 0 Å². The fourth-order valence-corrected chi connectivity index (χ4v) is 3.59. The minimum Gasteiger partial charge on any atom is -0.350 e. The third kappa shape index (κ3) is 4.72. The minimum atomic E-state index is -0.126. The van der Waals surface area contributed by atoms with E-state index < -0.39 is 0 Å². The third-order valence-corrected chi connectivity index (χ3v) is 5.15. The molecule has 6 heteroatoms. The summed E-state index contributed by atoms with van der Waals surface area (Å²) < 4.78 is 4.04. The largest absolute Gasteiger partial charge is 0.350 e. The van der Waals surface area contributed by atoms with Gasteiger partial charge in [0.15, 0.2) is 0 Å². The standard InChI is InChI=1S/C24H22N4OS/c29-23(25-17-20-12-6-2-7-13-20)18-27-24(30)28(21-14-8-3-9-15-21)22(26-27)16-19-10-4-1-5-11-19/h1-15H,16-18H2,(H,25,29). The van der Waals surface area contributed by atoms with Crippen molar-refractivity contribution in [3.05, 3.63) is 113 Å². The van der Waals surface area contributed by atoms with Gasteiger partial charge in [0.05, 0.1) is 0 Å². The van der Waals surface area contributed by atoms with Crippen LogP contribution < -0.4 is 5.32 Å². The molecule has 0 aliphatic carbocycles. The number of carbonyl (C=O) groups excluding carboxylic acids is 1. The van der Waals surface area contributed by atoms with Crippen LogP contribution in [0.15, 0.2) is 91.0 Å². The first-order valence-corrected chi connectivity index (χ1v) is 10.2. The van der Waals surface area contributed by atoms with Gasteiger partial charge in [0.25, 0.3) is 0 Å². The summed E-state index contributed by atoms with van der Waals surface area (Å²) in [6.07, 6.45) is 0.623. The molecule has 0 aliphatic heterocycles. The number of hydrogen-bond donors (Lipinski definition) is 1. The highest BCUT2D eigenvalue weighted by Crippen LogP contribution is 2.16. The van der Waals surface area contributed by atoms with Gasteiger partial charge in [-0.2, -0.15) is 5.10 Å². The molecule has 0 aliphatic rings. The van der Waals surface area contributed by atoms with Crippen LogP contribution in [0.3, 0.4) is 0 Å². The van der Waals surface area contributed by atoms with Crippen molar-refractivity contribution in [2.45, 2.75) is 19.5 Å². The maximum Gasteiger partial charge on any atom is 0.242 e. The number of carbonyl (C=O) groups is 1. The van der Waals surface area contributed by atoms with Crippen molar-refractivity contribution < 1.29 is 4.79 Å². The molecule has 1 heterocycles. The molecule has 0 unspecified atom stereocenters. The molecule has 0 saturated carbocycles. The Balaban J connectivity index is 1.59. The molecule has 4 aromatic rings. The van der Waals surface area contributed by atoms with Gasteiger partial charge in [0.1, 0.15) is 12.4 Å². The summed E-state index contributed by atoms with van der Waals surface area (Å²) in [5.74, 6) is 0.673. The summed E-state index contributed by atoms with van der Waals surface area (Å²) in [5, 5.41) is 7.63. The Kier molecular flexibility index (Phi) is 6.15. The van der Waals surface area contributed by atoms with Crippen molar-refractivity contribution in [1.82, 2.24) is 19.7 Å². The molecule has 0 bridgehead atoms. The molecule has 0 fully saturated rings. The minimum absolute atomic E-state index is 0.0767. The second-order valence-electron chi connectivity index (χ2n) is 6.95. The van der Waals surface area contributed by atoms with Crippen LogP contribution in [0.2, 0.25) is 0 Å². The summed E-state index contributed by atoms with van der Waals surface area (Å²) in [6.45, 7) is 0.552. The van der Waals surface area contributed by atoms with Crippen molar-refractivity contribution >= 4 is 18.1 Å². The Morgan fingerprint density at radius 2 is 1.40 bits per heavy atom. The number of hydrogen-bond acceptors (Lipinski definition) is 3. The molecule has 0 saturated heterocycles. The number of para-hydroxylation sites is 1. The van der Waals surface area contributed by atoms with Crippen molar-refractivity contribution in [3.8, 4) is 5.69 Å². The Bertz CT molecular complexity index is 1170. The van der Waals surface area contributed by atoms with E-state index in [1.807, 2.05) is 83.4 Å². The van der Waals surface area contributed by atoms with E-state index in [0.29, 0.717) is 17.7 Å². The van der Waals surface area contributed by atoms with Crippen molar-refractivity contribution in [2.24, 2.45) is 0 Å². The lowest BCUT2D eigenvalue weighted by atomic mass is 10.1. The first-order valence-electron chi connectivity index (χ1n) is 9.79. The number of rotatable bonds is 7. The van der Waals surface area contributed by atoms with Gasteiger partial charge >= 0.3 is 0 Å². The zero-order valence-electron chi connectivity index (χ0n) is 16.4. The van der Waals surface area contributed by atoms with Crippen LogP contribution in [-0.4, -0.2) is 20.3 Å². The zero-order valence-corrected chi connectivity index (χ0v) is 17.3. The van der Waals surface area contributed by atoms with Crippen LogP contribution in [-0.2, 0) is 24.3 Å². The van der Waals surface area contributed by atoms with Crippen LogP contribution in [0.5, 0.6) is 0 Å². The summed E-state index contributed by atoms with van der Waals surface area (Å²) in [6, 6.07) is 29.8. The molecule has 3 aromatic carbocycles. The Hall–Kier alpha value is -3.51. The molecule has 4 rings (SSSR count). The second-order valence-corrected chi connectivity index (χ2v) is 7.32. The van der Waals surface area contributed by atoms with Gasteiger partial charge in [-0.25, -0.2) is 4.68 Å². The van der Waals surface area contributed by atoms with Crippen LogP contribution in [0.4, 0.5) is 0 Å². The molecule has 1 amide bonds. The van der Waals surface area contributed by atoms with Crippen LogP contribution in [0, 0.1) is 4.77 Å². The summed E-state index contributed by atoms with van der Waals surface area (Å²) in [4.78, 5) is 12.5. The average Bonchev–Trinajstić information content (AvgIpc) is 3.08. The topological polar surface area (TPSA) is 51.9 Å². The van der Waals surface area contributed by atoms with E-state index in [1.54, 1.807) is 4.68 Å². The van der Waals surface area contributed by atoms with Gasteiger partial charge < -0.3 is 5.32 Å². The van der Waals surface area contributed by atoms with Gasteiger partial charge in [-0.3, -0.25) is 9.36 Å². The van der Waals surface area contributed by atoms with E-state index >= 15 is 0 Å². The first-order chi connectivity index (χ1) is 14.7. The highest BCUT2D eigenvalue weighted by atomic mass is 32.1. The number of benzene rings is 3. The summed E-state index contributed by atoms with van der Waals surface area (Å²) in [7, 11) is 0. The Morgan fingerprint density at radius 1 is 0.833 bits per heavy atom. The Labute approximate surface area is 180 Å². The molecule has 0 radical (unpaired) electrons. The Morgan fingerprint density at radius 3 is 2.03 bits per heavy atom. The third-order valence-electron chi connectivity index (χ3n) is 4.75. The molecule has 150 valence electrons. The number of nitrogens with one attached hydrogen (secondary N) is 1. The highest BCUT2D eigenvalue weighted by molar-refractivity contribution is 7.71. The van der Waals surface area contributed by atoms with Gasteiger partial charge in [-0.15, -0.1) is 0 Å². The smallest absolute Gasteiger partial charge is 0.242 e. The molecular weight excluding hydrogens is 392 g/mol. The number of nitrogens with zero attached hydrogens (tertiary/aromatic N) is 3. The van der Waals surface area contributed by atoms with E-state index in [0.717, 1.165) is 22.6 Å². The monoisotopic (exact) mass is 414 g/mol. The molecule has 0 atom stereocenters. The highest BCUT2D eigenvalue weighted by Gasteiger charge is 2.15.